The summed E-state index contributed by atoms with van der Waals surface area (Å²) in [5.41, 5.74) is -0.193. The normalized spacial score (nSPS) is 25.2. The zero-order chi connectivity index (χ0) is 14.0. The Morgan fingerprint density at radius 1 is 1.26 bits per heavy atom. The summed E-state index contributed by atoms with van der Waals surface area (Å²) in [4.78, 5) is 21.8. The maximum atomic E-state index is 11.4. The van der Waals surface area contributed by atoms with Crippen LogP contribution in [0.3, 0.4) is 0 Å². The van der Waals surface area contributed by atoms with Gasteiger partial charge in [-0.2, -0.15) is 0 Å². The highest BCUT2D eigenvalue weighted by atomic mass is 16.6. The van der Waals surface area contributed by atoms with Crippen LogP contribution in [0.2, 0.25) is 0 Å². The Morgan fingerprint density at radius 2 is 1.84 bits per heavy atom. The molecule has 1 aliphatic rings. The van der Waals surface area contributed by atoms with Gasteiger partial charge < -0.3 is 9.90 Å². The fraction of sp³-hybridized carbons (Fsp3) is 0.214. The lowest BCUT2D eigenvalue weighted by atomic mass is 9.82. The predicted molar refractivity (Wildman–Crippen MR) is 66.6 cm³/mol. The monoisotopic (exact) mass is 258 g/mol. The number of aliphatic carboxylic acids is 1. The fourth-order valence-electron chi connectivity index (χ4n) is 2.20. The van der Waals surface area contributed by atoms with Gasteiger partial charge in [-0.25, -0.2) is 0 Å². The number of nitro groups is 1. The molecule has 5 nitrogen and oxygen atoms in total. The van der Waals surface area contributed by atoms with Gasteiger partial charge in [0.1, 0.15) is 0 Å². The van der Waals surface area contributed by atoms with E-state index in [1.807, 2.05) is 0 Å². The van der Waals surface area contributed by atoms with E-state index in [1.165, 1.54) is 24.3 Å². The van der Waals surface area contributed by atoms with Gasteiger partial charge >= 0.3 is 0 Å². The summed E-state index contributed by atoms with van der Waals surface area (Å²) in [6.45, 7) is 1.78. The summed E-state index contributed by atoms with van der Waals surface area (Å²) in [5.74, 6) is -2.19. The number of aryl methyl sites for hydroxylation is 1. The SMILES string of the molecule is Cc1ccccc1C1([N+](=O)[O-])C=CC(C(=O)[O-])C=C1. The van der Waals surface area contributed by atoms with E-state index in [0.29, 0.717) is 5.56 Å². The summed E-state index contributed by atoms with van der Waals surface area (Å²) in [5, 5.41) is 22.2. The third-order valence-corrected chi connectivity index (χ3v) is 3.27. The van der Waals surface area contributed by atoms with E-state index in [9.17, 15) is 20.0 Å². The molecule has 0 atom stereocenters. The highest BCUT2D eigenvalue weighted by Crippen LogP contribution is 2.34. The molecule has 0 unspecified atom stereocenters. The quantitative estimate of drug-likeness (QED) is 0.459. The molecule has 0 aromatic heterocycles. The number of carboxylic acids is 1. The smallest absolute Gasteiger partial charge is 0.283 e. The molecule has 2 rings (SSSR count). The maximum absolute atomic E-state index is 11.4. The third-order valence-electron chi connectivity index (χ3n) is 3.27. The Bertz CT molecular complexity index is 575. The van der Waals surface area contributed by atoms with Gasteiger partial charge in [-0.15, -0.1) is 0 Å². The van der Waals surface area contributed by atoms with Gasteiger partial charge in [0.2, 0.25) is 0 Å². The van der Waals surface area contributed by atoms with Crippen LogP contribution < -0.4 is 5.11 Å². The maximum Gasteiger partial charge on any atom is 0.283 e. The number of benzene rings is 1. The van der Waals surface area contributed by atoms with Crippen LogP contribution in [0, 0.1) is 23.0 Å². The molecule has 0 amide bonds. The number of nitrogens with zero attached hydrogens (tertiary/aromatic N) is 1. The van der Waals surface area contributed by atoms with Crippen LogP contribution in [0.1, 0.15) is 11.1 Å². The van der Waals surface area contributed by atoms with E-state index < -0.39 is 22.3 Å². The molecule has 0 aliphatic heterocycles. The fourth-order valence-corrected chi connectivity index (χ4v) is 2.20. The van der Waals surface area contributed by atoms with Crippen molar-refractivity contribution < 1.29 is 14.8 Å². The summed E-state index contributed by atoms with van der Waals surface area (Å²) in [6.07, 6.45) is 5.22. The topological polar surface area (TPSA) is 83.3 Å². The molecule has 0 heterocycles. The van der Waals surface area contributed by atoms with Crippen LogP contribution in [0.4, 0.5) is 0 Å². The van der Waals surface area contributed by atoms with Crippen molar-refractivity contribution in [3.63, 3.8) is 0 Å². The van der Waals surface area contributed by atoms with E-state index in [-0.39, 0.29) is 0 Å². The Kier molecular flexibility index (Phi) is 3.21. The minimum atomic E-state index is -1.50. The first kappa shape index (κ1) is 13.0. The van der Waals surface area contributed by atoms with Crippen molar-refractivity contribution >= 4 is 5.97 Å². The van der Waals surface area contributed by atoms with Crippen molar-refractivity contribution in [2.75, 3.05) is 0 Å². The highest BCUT2D eigenvalue weighted by Gasteiger charge is 2.42. The average molecular weight is 258 g/mol. The standard InChI is InChI=1S/C14H13NO4/c1-10-4-2-3-5-12(10)14(15(18)19)8-6-11(7-9-14)13(16)17/h2-9,11H,1H3,(H,16,17)/p-1. The molecule has 0 spiro atoms. The van der Waals surface area contributed by atoms with E-state index in [2.05, 4.69) is 0 Å². The molecule has 0 saturated heterocycles. The Morgan fingerprint density at radius 3 is 2.32 bits per heavy atom. The van der Waals surface area contributed by atoms with Crippen LogP contribution in [0.15, 0.2) is 48.6 Å². The minimum Gasteiger partial charge on any atom is -0.549 e. The molecule has 19 heavy (non-hydrogen) atoms. The average Bonchev–Trinajstić information content (AvgIpc) is 2.39. The van der Waals surface area contributed by atoms with Crippen LogP contribution in [0.25, 0.3) is 0 Å². The summed E-state index contributed by atoms with van der Waals surface area (Å²) < 4.78 is 0. The molecule has 0 bridgehead atoms. The second-order valence-electron chi connectivity index (χ2n) is 4.46. The summed E-state index contributed by atoms with van der Waals surface area (Å²) in [7, 11) is 0. The molecule has 0 saturated carbocycles. The highest BCUT2D eigenvalue weighted by molar-refractivity contribution is 5.73. The molecule has 1 aliphatic carbocycles. The van der Waals surface area contributed by atoms with E-state index in [4.69, 9.17) is 0 Å². The minimum absolute atomic E-state index is 0.423. The Balaban J connectivity index is 2.52. The van der Waals surface area contributed by atoms with Gasteiger partial charge in [0.05, 0.1) is 5.97 Å². The van der Waals surface area contributed by atoms with Gasteiger partial charge in [0.25, 0.3) is 5.54 Å². The van der Waals surface area contributed by atoms with Gasteiger partial charge in [-0.3, -0.25) is 10.1 Å². The number of rotatable bonds is 3. The number of hydrogen-bond donors (Lipinski definition) is 0. The molecule has 5 heteroatoms. The predicted octanol–water partition coefficient (Wildman–Crippen LogP) is 0.959. The molecule has 0 fully saturated rings. The zero-order valence-electron chi connectivity index (χ0n) is 10.3. The van der Waals surface area contributed by atoms with Crippen LogP contribution >= 0.6 is 0 Å². The van der Waals surface area contributed by atoms with Gasteiger partial charge in [0.15, 0.2) is 0 Å². The first-order chi connectivity index (χ1) is 8.97. The van der Waals surface area contributed by atoms with Crippen molar-refractivity contribution in [1.82, 2.24) is 0 Å². The third kappa shape index (κ3) is 2.14. The lowest BCUT2D eigenvalue weighted by Gasteiger charge is -2.25. The van der Waals surface area contributed by atoms with E-state index >= 15 is 0 Å². The summed E-state index contributed by atoms with van der Waals surface area (Å²) >= 11 is 0. The Hall–Kier alpha value is -2.43. The number of carbonyl (C=O) groups is 1. The van der Waals surface area contributed by atoms with Crippen molar-refractivity contribution in [3.05, 3.63) is 69.8 Å². The molecule has 0 radical (unpaired) electrons. The molecule has 1 aromatic carbocycles. The first-order valence-electron chi connectivity index (χ1n) is 5.77. The van der Waals surface area contributed by atoms with Gasteiger partial charge in [-0.1, -0.05) is 36.4 Å². The van der Waals surface area contributed by atoms with Crippen LogP contribution in [0.5, 0.6) is 0 Å². The second kappa shape index (κ2) is 4.68. The van der Waals surface area contributed by atoms with E-state index in [0.717, 1.165) is 5.56 Å². The van der Waals surface area contributed by atoms with Crippen molar-refractivity contribution in [2.24, 2.45) is 5.92 Å². The lowest BCUT2D eigenvalue weighted by molar-refractivity contribution is -0.549. The van der Waals surface area contributed by atoms with Gasteiger partial charge in [0, 0.05) is 16.4 Å². The molecule has 98 valence electrons. The summed E-state index contributed by atoms with van der Waals surface area (Å²) in [6, 6.07) is 6.98. The van der Waals surface area contributed by atoms with Crippen LogP contribution in [-0.2, 0) is 10.3 Å². The Labute approximate surface area is 110 Å². The zero-order valence-corrected chi connectivity index (χ0v) is 10.3. The molecule has 1 aromatic rings. The number of carbonyl (C=O) groups excluding carboxylic acids is 1. The van der Waals surface area contributed by atoms with E-state index in [1.54, 1.807) is 31.2 Å². The van der Waals surface area contributed by atoms with Crippen molar-refractivity contribution in [2.45, 2.75) is 12.5 Å². The van der Waals surface area contributed by atoms with Gasteiger partial charge in [-0.05, 0) is 24.6 Å². The lowest BCUT2D eigenvalue weighted by Crippen LogP contribution is -2.37. The molecule has 0 N–H and O–H groups in total. The second-order valence-corrected chi connectivity index (χ2v) is 4.46. The first-order valence-corrected chi connectivity index (χ1v) is 5.77. The largest absolute Gasteiger partial charge is 0.549 e. The number of carboxylic acid groups (broad SMARTS) is 1. The molecular weight excluding hydrogens is 246 g/mol. The van der Waals surface area contributed by atoms with Crippen LogP contribution in [-0.4, -0.2) is 10.9 Å². The van der Waals surface area contributed by atoms with Crippen molar-refractivity contribution in [3.8, 4) is 0 Å². The molecular formula is C14H12NO4-. The number of hydrogen-bond acceptors (Lipinski definition) is 4. The van der Waals surface area contributed by atoms with Crippen molar-refractivity contribution in [1.29, 1.82) is 0 Å².